The normalized spacial score (nSPS) is 22.6. The number of carboxylic acids is 1. The third kappa shape index (κ3) is 3.05. The highest BCUT2D eigenvalue weighted by Gasteiger charge is 2.48. The lowest BCUT2D eigenvalue weighted by Crippen LogP contribution is -2.47. The lowest BCUT2D eigenvalue weighted by Gasteiger charge is -2.27. The molecule has 0 aromatic carbocycles. The van der Waals surface area contributed by atoms with E-state index in [2.05, 4.69) is 12.6 Å². The second-order valence-corrected chi connectivity index (χ2v) is 4.17. The van der Waals surface area contributed by atoms with E-state index in [-0.39, 0.29) is 13.0 Å². The number of likely N-dealkylation sites (tertiary alicyclic amines) is 1. The van der Waals surface area contributed by atoms with Crippen molar-refractivity contribution in [2.45, 2.75) is 25.1 Å². The van der Waals surface area contributed by atoms with E-state index in [9.17, 15) is 22.8 Å². The van der Waals surface area contributed by atoms with Crippen molar-refractivity contribution in [3.63, 3.8) is 0 Å². The number of carbonyl (C=O) groups excluding carboxylic acids is 1. The van der Waals surface area contributed by atoms with Gasteiger partial charge in [0.2, 0.25) is 5.91 Å². The van der Waals surface area contributed by atoms with Gasteiger partial charge >= 0.3 is 12.1 Å². The summed E-state index contributed by atoms with van der Waals surface area (Å²) in [6, 6.07) is -1.15. The molecule has 1 saturated heterocycles. The van der Waals surface area contributed by atoms with Crippen molar-refractivity contribution in [1.29, 1.82) is 0 Å². The van der Waals surface area contributed by atoms with E-state index in [0.717, 1.165) is 4.90 Å². The SMILES string of the molecule is O=C(O)[C@@H]1CCCN1C(=O)[C@@H](CS)C(F)(F)F. The second kappa shape index (κ2) is 5.16. The molecule has 1 heterocycles. The molecule has 0 saturated carbocycles. The fourth-order valence-electron chi connectivity index (χ4n) is 1.81. The molecule has 0 aromatic rings. The molecule has 1 N–H and O–H groups in total. The molecule has 2 atom stereocenters. The summed E-state index contributed by atoms with van der Waals surface area (Å²) in [6.45, 7) is 0.0517. The molecule has 0 bridgehead atoms. The van der Waals surface area contributed by atoms with Gasteiger partial charge in [-0.1, -0.05) is 0 Å². The zero-order valence-corrected chi connectivity index (χ0v) is 9.67. The van der Waals surface area contributed by atoms with E-state index in [4.69, 9.17) is 5.11 Å². The maximum absolute atomic E-state index is 12.5. The summed E-state index contributed by atoms with van der Waals surface area (Å²) < 4.78 is 37.5. The predicted octanol–water partition coefficient (Wildman–Crippen LogP) is 1.17. The van der Waals surface area contributed by atoms with Gasteiger partial charge in [0.1, 0.15) is 12.0 Å². The zero-order chi connectivity index (χ0) is 13.2. The third-order valence-electron chi connectivity index (χ3n) is 2.70. The van der Waals surface area contributed by atoms with E-state index in [1.165, 1.54) is 0 Å². The maximum Gasteiger partial charge on any atom is 0.401 e. The highest BCUT2D eigenvalue weighted by Crippen LogP contribution is 2.31. The van der Waals surface area contributed by atoms with Gasteiger partial charge in [-0.2, -0.15) is 25.8 Å². The van der Waals surface area contributed by atoms with Crippen molar-refractivity contribution in [3.05, 3.63) is 0 Å². The Hall–Kier alpha value is -0.920. The van der Waals surface area contributed by atoms with Gasteiger partial charge in [0.25, 0.3) is 0 Å². The van der Waals surface area contributed by atoms with Crippen LogP contribution >= 0.6 is 12.6 Å². The minimum absolute atomic E-state index is 0.0517. The molecule has 1 amide bonds. The van der Waals surface area contributed by atoms with Gasteiger partial charge in [-0.25, -0.2) is 4.79 Å². The maximum atomic E-state index is 12.5. The first kappa shape index (κ1) is 14.1. The van der Waals surface area contributed by atoms with E-state index in [0.29, 0.717) is 6.42 Å². The smallest absolute Gasteiger partial charge is 0.401 e. The van der Waals surface area contributed by atoms with E-state index in [1.54, 1.807) is 0 Å². The van der Waals surface area contributed by atoms with Crippen molar-refractivity contribution in [2.75, 3.05) is 12.3 Å². The summed E-state index contributed by atoms with van der Waals surface area (Å²) >= 11 is 3.51. The van der Waals surface area contributed by atoms with Gasteiger partial charge in [-0.05, 0) is 12.8 Å². The standard InChI is InChI=1S/C9H12F3NO3S/c10-9(11,12)5(4-17)7(14)13-3-1-2-6(13)8(15)16/h5-6,17H,1-4H2,(H,15,16)/t5-,6+/m1/s1. The Balaban J connectivity index is 2.84. The van der Waals surface area contributed by atoms with Crippen LogP contribution < -0.4 is 0 Å². The van der Waals surface area contributed by atoms with Crippen LogP contribution in [0.15, 0.2) is 0 Å². The monoisotopic (exact) mass is 271 g/mol. The molecule has 1 aliphatic rings. The average molecular weight is 271 g/mol. The van der Waals surface area contributed by atoms with Crippen LogP contribution in [0.3, 0.4) is 0 Å². The molecule has 0 aliphatic carbocycles. The molecule has 17 heavy (non-hydrogen) atoms. The number of carbonyl (C=O) groups is 2. The largest absolute Gasteiger partial charge is 0.480 e. The first-order valence-corrected chi connectivity index (χ1v) is 5.63. The number of nitrogens with zero attached hydrogens (tertiary/aromatic N) is 1. The van der Waals surface area contributed by atoms with E-state index in [1.807, 2.05) is 0 Å². The minimum Gasteiger partial charge on any atom is -0.480 e. The lowest BCUT2D eigenvalue weighted by molar-refractivity contribution is -0.186. The fourth-order valence-corrected chi connectivity index (χ4v) is 2.17. The van der Waals surface area contributed by atoms with Gasteiger partial charge in [0.05, 0.1) is 0 Å². The molecule has 0 unspecified atom stereocenters. The van der Waals surface area contributed by atoms with Crippen molar-refractivity contribution < 1.29 is 27.9 Å². The Labute approximate surface area is 101 Å². The van der Waals surface area contributed by atoms with Gasteiger partial charge in [0, 0.05) is 12.3 Å². The molecule has 8 heteroatoms. The molecule has 0 aromatic heterocycles. The van der Waals surface area contributed by atoms with Crippen molar-refractivity contribution in [2.24, 2.45) is 5.92 Å². The first-order valence-electron chi connectivity index (χ1n) is 5.00. The number of alkyl halides is 3. The summed E-state index contributed by atoms with van der Waals surface area (Å²) in [4.78, 5) is 23.2. The number of amides is 1. The first-order chi connectivity index (χ1) is 7.79. The van der Waals surface area contributed by atoms with Crippen LogP contribution in [0.25, 0.3) is 0 Å². The number of hydrogen-bond donors (Lipinski definition) is 2. The van der Waals surface area contributed by atoms with Crippen LogP contribution in [-0.2, 0) is 9.59 Å². The van der Waals surface area contributed by atoms with Crippen LogP contribution in [0.1, 0.15) is 12.8 Å². The fraction of sp³-hybridized carbons (Fsp3) is 0.778. The lowest BCUT2D eigenvalue weighted by atomic mass is 10.1. The summed E-state index contributed by atoms with van der Waals surface area (Å²) in [5.41, 5.74) is 0. The number of carboxylic acid groups (broad SMARTS) is 1. The number of hydrogen-bond acceptors (Lipinski definition) is 3. The van der Waals surface area contributed by atoms with Gasteiger partial charge in [-0.15, -0.1) is 0 Å². The predicted molar refractivity (Wildman–Crippen MR) is 55.8 cm³/mol. The van der Waals surface area contributed by atoms with Crippen molar-refractivity contribution in [1.82, 2.24) is 4.90 Å². The second-order valence-electron chi connectivity index (χ2n) is 3.80. The Morgan fingerprint density at radius 2 is 2.06 bits per heavy atom. The molecule has 98 valence electrons. The molecule has 1 rings (SSSR count). The Morgan fingerprint density at radius 3 is 2.47 bits per heavy atom. The number of rotatable bonds is 3. The Morgan fingerprint density at radius 1 is 1.47 bits per heavy atom. The van der Waals surface area contributed by atoms with Crippen LogP contribution in [0, 0.1) is 5.92 Å². The van der Waals surface area contributed by atoms with Crippen molar-refractivity contribution >= 4 is 24.5 Å². The molecule has 4 nitrogen and oxygen atoms in total. The van der Waals surface area contributed by atoms with Gasteiger partial charge in [0.15, 0.2) is 0 Å². The topological polar surface area (TPSA) is 57.6 Å². The number of aliphatic carboxylic acids is 1. The van der Waals surface area contributed by atoms with Crippen LogP contribution in [0.4, 0.5) is 13.2 Å². The van der Waals surface area contributed by atoms with Crippen LogP contribution in [0.5, 0.6) is 0 Å². The van der Waals surface area contributed by atoms with Gasteiger partial charge < -0.3 is 10.0 Å². The highest BCUT2D eigenvalue weighted by atomic mass is 32.1. The van der Waals surface area contributed by atoms with Crippen LogP contribution in [-0.4, -0.2) is 46.4 Å². The van der Waals surface area contributed by atoms with Crippen molar-refractivity contribution in [3.8, 4) is 0 Å². The highest BCUT2D eigenvalue weighted by molar-refractivity contribution is 7.80. The number of halogens is 3. The Kier molecular flexibility index (Phi) is 4.29. The zero-order valence-electron chi connectivity index (χ0n) is 8.78. The quantitative estimate of drug-likeness (QED) is 0.758. The van der Waals surface area contributed by atoms with Gasteiger partial charge in [-0.3, -0.25) is 4.79 Å². The molecule has 1 fully saturated rings. The van der Waals surface area contributed by atoms with E-state index >= 15 is 0 Å². The minimum atomic E-state index is -4.69. The molecular formula is C9H12F3NO3S. The molecule has 1 aliphatic heterocycles. The molecular weight excluding hydrogens is 259 g/mol. The summed E-state index contributed by atoms with van der Waals surface area (Å²) in [7, 11) is 0. The van der Waals surface area contributed by atoms with E-state index < -0.39 is 35.8 Å². The molecule has 0 radical (unpaired) electrons. The van der Waals surface area contributed by atoms with Crippen LogP contribution in [0.2, 0.25) is 0 Å². The third-order valence-corrected chi connectivity index (χ3v) is 3.06. The number of thiol groups is 1. The Bertz CT molecular complexity index is 321. The summed E-state index contributed by atoms with van der Waals surface area (Å²) in [5.74, 6) is -5.37. The summed E-state index contributed by atoms with van der Waals surface area (Å²) in [5, 5.41) is 8.80. The average Bonchev–Trinajstić information content (AvgIpc) is 2.64. The molecule has 0 spiro atoms. The summed E-state index contributed by atoms with van der Waals surface area (Å²) in [6.07, 6.45) is -4.09.